The molecule has 0 spiro atoms. The Morgan fingerprint density at radius 2 is 2.00 bits per heavy atom. The molecule has 1 atom stereocenters. The van der Waals surface area contributed by atoms with Gasteiger partial charge in [0.1, 0.15) is 0 Å². The molecular formula is C13H17Cl2NO4S. The molecule has 1 aromatic carbocycles. The van der Waals surface area contributed by atoms with Crippen LogP contribution in [0.3, 0.4) is 0 Å². The molecule has 118 valence electrons. The molecule has 1 aromatic rings. The van der Waals surface area contributed by atoms with Crippen LogP contribution in [0.15, 0.2) is 23.1 Å². The van der Waals surface area contributed by atoms with Gasteiger partial charge in [0.15, 0.2) is 0 Å². The van der Waals surface area contributed by atoms with E-state index in [9.17, 15) is 13.2 Å². The molecule has 0 aliphatic rings. The lowest BCUT2D eigenvalue weighted by molar-refractivity contribution is 0.0579. The van der Waals surface area contributed by atoms with E-state index in [4.69, 9.17) is 27.0 Å². The second-order valence-corrected chi connectivity index (χ2v) is 7.51. The van der Waals surface area contributed by atoms with Crippen LogP contribution < -0.4 is 0 Å². The maximum atomic E-state index is 12.5. The summed E-state index contributed by atoms with van der Waals surface area (Å²) < 4.78 is 27.8. The molecule has 0 aliphatic carbocycles. The Labute approximate surface area is 134 Å². The minimum atomic E-state index is -3.95. The predicted molar refractivity (Wildman–Crippen MR) is 82.5 cm³/mol. The number of methoxy groups -OCH3 is 1. The highest BCUT2D eigenvalue weighted by Gasteiger charge is 2.22. The second-order valence-electron chi connectivity index (χ2n) is 4.51. The number of benzene rings is 1. The molecular weight excluding hydrogens is 337 g/mol. The summed E-state index contributed by atoms with van der Waals surface area (Å²) in [6, 6.07) is 3.69. The fraction of sp³-hybridized carbons (Fsp3) is 0.462. The summed E-state index contributed by atoms with van der Waals surface area (Å²) >= 11 is 5.87. The number of ether oxygens (including phenoxy) is 1. The van der Waals surface area contributed by atoms with E-state index in [0.29, 0.717) is 13.2 Å². The van der Waals surface area contributed by atoms with Crippen LogP contribution >= 0.6 is 22.3 Å². The van der Waals surface area contributed by atoms with Gasteiger partial charge in [-0.1, -0.05) is 11.6 Å². The first-order valence-corrected chi connectivity index (χ1v) is 8.94. The standard InChI is InChI=1S/C13H17Cl2NO4S/c1-4-16(9(2)8-20-3)13(17)10-5-11(14)7-12(6-10)21(15,18)19/h5-7,9H,4,8H2,1-3H3. The number of amides is 1. The van der Waals surface area contributed by atoms with Crippen molar-refractivity contribution in [3.63, 3.8) is 0 Å². The lowest BCUT2D eigenvalue weighted by Crippen LogP contribution is -2.41. The summed E-state index contributed by atoms with van der Waals surface area (Å²) in [5, 5.41) is 0.135. The molecule has 0 saturated carbocycles. The van der Waals surface area contributed by atoms with Gasteiger partial charge >= 0.3 is 0 Å². The fourth-order valence-corrected chi connectivity index (χ4v) is 3.08. The molecule has 0 radical (unpaired) electrons. The summed E-state index contributed by atoms with van der Waals surface area (Å²) in [5.74, 6) is -0.328. The average Bonchev–Trinajstić information content (AvgIpc) is 2.38. The molecule has 1 unspecified atom stereocenters. The first-order valence-electron chi connectivity index (χ1n) is 6.25. The normalized spacial score (nSPS) is 13.0. The van der Waals surface area contributed by atoms with Crippen LogP contribution in [0.25, 0.3) is 0 Å². The molecule has 8 heteroatoms. The highest BCUT2D eigenvalue weighted by Crippen LogP contribution is 2.23. The van der Waals surface area contributed by atoms with Crippen molar-refractivity contribution in [3.05, 3.63) is 28.8 Å². The van der Waals surface area contributed by atoms with Crippen molar-refractivity contribution in [2.45, 2.75) is 24.8 Å². The van der Waals surface area contributed by atoms with Crippen LogP contribution in [0.2, 0.25) is 5.02 Å². The van der Waals surface area contributed by atoms with Crippen molar-refractivity contribution in [2.75, 3.05) is 20.3 Å². The number of nitrogens with zero attached hydrogens (tertiary/aromatic N) is 1. The van der Waals surface area contributed by atoms with E-state index in [0.717, 1.165) is 0 Å². The van der Waals surface area contributed by atoms with Crippen LogP contribution in [-0.4, -0.2) is 45.5 Å². The molecule has 0 aliphatic heterocycles. The SMILES string of the molecule is CCN(C(=O)c1cc(Cl)cc(S(=O)(=O)Cl)c1)C(C)COC. The van der Waals surface area contributed by atoms with Gasteiger partial charge in [0.2, 0.25) is 0 Å². The van der Waals surface area contributed by atoms with Crippen LogP contribution in [0.1, 0.15) is 24.2 Å². The molecule has 1 amide bonds. The topological polar surface area (TPSA) is 63.7 Å². The second kappa shape index (κ2) is 7.45. The molecule has 0 heterocycles. The Hall–Kier alpha value is -0.820. The Balaban J connectivity index is 3.20. The maximum Gasteiger partial charge on any atom is 0.261 e. The van der Waals surface area contributed by atoms with Crippen molar-refractivity contribution in [2.24, 2.45) is 0 Å². The summed E-state index contributed by atoms with van der Waals surface area (Å²) in [6.07, 6.45) is 0. The van der Waals surface area contributed by atoms with Crippen LogP contribution in [0, 0.1) is 0 Å². The van der Waals surface area contributed by atoms with Gasteiger partial charge in [-0.2, -0.15) is 0 Å². The maximum absolute atomic E-state index is 12.5. The van der Waals surface area contributed by atoms with E-state index in [2.05, 4.69) is 0 Å². The summed E-state index contributed by atoms with van der Waals surface area (Å²) in [6.45, 7) is 4.50. The van der Waals surface area contributed by atoms with Crippen molar-refractivity contribution >= 4 is 37.2 Å². The zero-order valence-electron chi connectivity index (χ0n) is 12.0. The van der Waals surface area contributed by atoms with E-state index in [-0.39, 0.29) is 27.4 Å². The summed E-state index contributed by atoms with van der Waals surface area (Å²) in [5.41, 5.74) is 0.173. The number of carbonyl (C=O) groups is 1. The van der Waals surface area contributed by atoms with E-state index in [1.54, 1.807) is 12.0 Å². The van der Waals surface area contributed by atoms with Crippen LogP contribution in [-0.2, 0) is 13.8 Å². The van der Waals surface area contributed by atoms with E-state index < -0.39 is 9.05 Å². The third-order valence-electron chi connectivity index (χ3n) is 2.94. The first-order chi connectivity index (χ1) is 9.70. The largest absolute Gasteiger partial charge is 0.383 e. The number of halogens is 2. The summed E-state index contributed by atoms with van der Waals surface area (Å²) in [7, 11) is 2.90. The van der Waals surface area contributed by atoms with Gasteiger partial charge in [-0.05, 0) is 32.0 Å². The Kier molecular flexibility index (Phi) is 6.46. The molecule has 5 nitrogen and oxygen atoms in total. The average molecular weight is 354 g/mol. The third-order valence-corrected chi connectivity index (χ3v) is 4.49. The Morgan fingerprint density at radius 1 is 1.38 bits per heavy atom. The van der Waals surface area contributed by atoms with Crippen molar-refractivity contribution < 1.29 is 17.9 Å². The van der Waals surface area contributed by atoms with Gasteiger partial charge in [0.05, 0.1) is 17.5 Å². The lowest BCUT2D eigenvalue weighted by atomic mass is 10.1. The van der Waals surface area contributed by atoms with Gasteiger partial charge < -0.3 is 9.64 Å². The predicted octanol–water partition coefficient (Wildman–Crippen LogP) is 2.76. The zero-order chi connectivity index (χ0) is 16.2. The number of likely N-dealkylation sites (N-methyl/N-ethyl adjacent to an activating group) is 1. The minimum absolute atomic E-state index is 0.135. The van der Waals surface area contributed by atoms with Crippen molar-refractivity contribution in [3.8, 4) is 0 Å². The van der Waals surface area contributed by atoms with Crippen LogP contribution in [0.5, 0.6) is 0 Å². The smallest absolute Gasteiger partial charge is 0.261 e. The lowest BCUT2D eigenvalue weighted by Gasteiger charge is -2.27. The highest BCUT2D eigenvalue weighted by atomic mass is 35.7. The van der Waals surface area contributed by atoms with Crippen molar-refractivity contribution in [1.29, 1.82) is 0 Å². The highest BCUT2D eigenvalue weighted by molar-refractivity contribution is 8.13. The number of hydrogen-bond donors (Lipinski definition) is 0. The van der Waals surface area contributed by atoms with E-state index in [1.165, 1.54) is 18.2 Å². The Bertz CT molecular complexity index is 619. The molecule has 0 N–H and O–H groups in total. The van der Waals surface area contributed by atoms with Gasteiger partial charge in [-0.3, -0.25) is 4.79 Å². The molecule has 0 aromatic heterocycles. The number of hydrogen-bond acceptors (Lipinski definition) is 4. The third kappa shape index (κ3) is 4.85. The number of rotatable bonds is 6. The van der Waals surface area contributed by atoms with Gasteiger partial charge in [-0.25, -0.2) is 8.42 Å². The van der Waals surface area contributed by atoms with E-state index >= 15 is 0 Å². The van der Waals surface area contributed by atoms with E-state index in [1.807, 2.05) is 13.8 Å². The zero-order valence-corrected chi connectivity index (χ0v) is 14.3. The van der Waals surface area contributed by atoms with Crippen LogP contribution in [0.4, 0.5) is 0 Å². The first kappa shape index (κ1) is 18.2. The number of carbonyl (C=O) groups excluding carboxylic acids is 1. The minimum Gasteiger partial charge on any atom is -0.383 e. The van der Waals surface area contributed by atoms with Gasteiger partial charge in [0, 0.05) is 34.9 Å². The fourth-order valence-electron chi connectivity index (χ4n) is 1.98. The van der Waals surface area contributed by atoms with Gasteiger partial charge in [-0.15, -0.1) is 0 Å². The molecule has 0 saturated heterocycles. The Morgan fingerprint density at radius 3 is 2.48 bits per heavy atom. The molecule has 21 heavy (non-hydrogen) atoms. The summed E-state index contributed by atoms with van der Waals surface area (Å²) in [4.78, 5) is 13.9. The quantitative estimate of drug-likeness (QED) is 0.737. The monoisotopic (exact) mass is 353 g/mol. The molecule has 0 fully saturated rings. The van der Waals surface area contributed by atoms with Gasteiger partial charge in [0.25, 0.3) is 15.0 Å². The van der Waals surface area contributed by atoms with Crippen molar-refractivity contribution in [1.82, 2.24) is 4.90 Å². The molecule has 1 rings (SSSR count). The molecule has 0 bridgehead atoms.